The molecule has 0 fully saturated rings. The number of hydrogen-bond acceptors (Lipinski definition) is 1. The van der Waals surface area contributed by atoms with Crippen LogP contribution < -0.4 is 0 Å². The molecule has 1 nitrogen and oxygen atoms in total. The fourth-order valence-corrected chi connectivity index (χ4v) is 1.68. The minimum Gasteiger partial charge on any atom is -0.244 e. The fraction of sp³-hybridized carbons (Fsp3) is 0.182. The number of aryl methyl sites for hydroxylation is 1. The second kappa shape index (κ2) is 3.35. The Hall–Kier alpha value is -1.08. The van der Waals surface area contributed by atoms with Crippen molar-refractivity contribution in [2.75, 3.05) is 0 Å². The van der Waals surface area contributed by atoms with Gasteiger partial charge in [-0.05, 0) is 23.4 Å². The van der Waals surface area contributed by atoms with Crippen molar-refractivity contribution >= 4 is 22.4 Å². The molecule has 0 aliphatic rings. The first-order chi connectivity index (χ1) is 6.31. The van der Waals surface area contributed by atoms with Crippen LogP contribution in [0.2, 0.25) is 5.15 Å². The third-order valence-corrected chi connectivity index (χ3v) is 2.41. The molecule has 2 aromatic rings. The van der Waals surface area contributed by atoms with E-state index in [-0.39, 0.29) is 0 Å². The van der Waals surface area contributed by atoms with E-state index in [9.17, 15) is 0 Å². The average molecular weight is 192 g/mol. The highest BCUT2D eigenvalue weighted by molar-refractivity contribution is 6.30. The van der Waals surface area contributed by atoms with Crippen LogP contribution in [0.15, 0.2) is 30.5 Å². The molecule has 1 aromatic heterocycles. The number of aromatic nitrogens is 1. The molecule has 0 amide bonds. The Morgan fingerprint density at radius 2 is 2.23 bits per heavy atom. The lowest BCUT2D eigenvalue weighted by Gasteiger charge is -2.02. The molecule has 0 saturated carbocycles. The maximum absolute atomic E-state index is 5.80. The van der Waals surface area contributed by atoms with Crippen LogP contribution in [-0.2, 0) is 6.42 Å². The Balaban J connectivity index is 2.77. The molecule has 0 spiro atoms. The largest absolute Gasteiger partial charge is 0.244 e. The van der Waals surface area contributed by atoms with Gasteiger partial charge in [0.15, 0.2) is 0 Å². The van der Waals surface area contributed by atoms with Crippen molar-refractivity contribution in [1.82, 2.24) is 4.98 Å². The zero-order valence-corrected chi connectivity index (χ0v) is 8.17. The van der Waals surface area contributed by atoms with E-state index in [1.54, 1.807) is 0 Å². The lowest BCUT2D eigenvalue weighted by atomic mass is 10.1. The van der Waals surface area contributed by atoms with Gasteiger partial charge in [0.1, 0.15) is 5.15 Å². The van der Waals surface area contributed by atoms with Crippen LogP contribution in [0.5, 0.6) is 0 Å². The Labute approximate surface area is 82.4 Å². The molecule has 1 heterocycles. The van der Waals surface area contributed by atoms with Crippen LogP contribution in [0, 0.1) is 0 Å². The summed E-state index contributed by atoms with van der Waals surface area (Å²) in [5.74, 6) is 0. The summed E-state index contributed by atoms with van der Waals surface area (Å²) < 4.78 is 0. The van der Waals surface area contributed by atoms with Crippen LogP contribution in [0.25, 0.3) is 10.8 Å². The zero-order chi connectivity index (χ0) is 9.26. The Morgan fingerprint density at radius 1 is 1.38 bits per heavy atom. The molecule has 0 aliphatic heterocycles. The van der Waals surface area contributed by atoms with Crippen molar-refractivity contribution in [3.05, 3.63) is 41.2 Å². The second-order valence-electron chi connectivity index (χ2n) is 3.00. The lowest BCUT2D eigenvalue weighted by Crippen LogP contribution is -1.84. The fourth-order valence-electron chi connectivity index (χ4n) is 1.52. The second-order valence-corrected chi connectivity index (χ2v) is 3.39. The smallest absolute Gasteiger partial charge is 0.129 e. The number of rotatable bonds is 1. The molecule has 2 rings (SSSR count). The van der Waals surface area contributed by atoms with Crippen LogP contribution in [-0.4, -0.2) is 4.98 Å². The number of nitrogens with zero attached hydrogens (tertiary/aromatic N) is 1. The van der Waals surface area contributed by atoms with Gasteiger partial charge in [0.05, 0.1) is 0 Å². The molecular weight excluding hydrogens is 182 g/mol. The summed E-state index contributed by atoms with van der Waals surface area (Å²) in [6.07, 6.45) is 2.87. The van der Waals surface area contributed by atoms with Crippen LogP contribution in [0.3, 0.4) is 0 Å². The predicted octanol–water partition coefficient (Wildman–Crippen LogP) is 3.45. The molecule has 0 atom stereocenters. The first-order valence-corrected chi connectivity index (χ1v) is 4.72. The van der Waals surface area contributed by atoms with E-state index < -0.39 is 0 Å². The van der Waals surface area contributed by atoms with Gasteiger partial charge in [0.25, 0.3) is 0 Å². The summed E-state index contributed by atoms with van der Waals surface area (Å²) in [5.41, 5.74) is 1.32. The van der Waals surface area contributed by atoms with Gasteiger partial charge in [-0.25, -0.2) is 4.98 Å². The Bertz CT molecular complexity index is 437. The minimum atomic E-state index is 0.556. The molecule has 0 N–H and O–H groups in total. The van der Waals surface area contributed by atoms with E-state index in [1.165, 1.54) is 16.3 Å². The van der Waals surface area contributed by atoms with E-state index in [4.69, 9.17) is 11.6 Å². The molecule has 0 saturated heterocycles. The van der Waals surface area contributed by atoms with Crippen molar-refractivity contribution in [2.45, 2.75) is 13.3 Å². The molecule has 66 valence electrons. The van der Waals surface area contributed by atoms with Crippen LogP contribution in [0.4, 0.5) is 0 Å². The summed E-state index contributed by atoms with van der Waals surface area (Å²) in [4.78, 5) is 4.08. The van der Waals surface area contributed by atoms with E-state index >= 15 is 0 Å². The first kappa shape index (κ1) is 8.52. The predicted molar refractivity (Wildman–Crippen MR) is 56.1 cm³/mol. The van der Waals surface area contributed by atoms with Gasteiger partial charge in [-0.15, -0.1) is 0 Å². The van der Waals surface area contributed by atoms with Crippen LogP contribution in [0.1, 0.15) is 12.5 Å². The van der Waals surface area contributed by atoms with E-state index in [0.29, 0.717) is 5.15 Å². The topological polar surface area (TPSA) is 12.9 Å². The molecule has 0 radical (unpaired) electrons. The third kappa shape index (κ3) is 1.52. The highest BCUT2D eigenvalue weighted by Crippen LogP contribution is 2.20. The van der Waals surface area contributed by atoms with E-state index in [2.05, 4.69) is 30.1 Å². The molecule has 1 aromatic carbocycles. The number of benzene rings is 1. The van der Waals surface area contributed by atoms with Crippen molar-refractivity contribution < 1.29 is 0 Å². The molecule has 2 heteroatoms. The third-order valence-electron chi connectivity index (χ3n) is 2.20. The minimum absolute atomic E-state index is 0.556. The Kier molecular flexibility index (Phi) is 2.19. The number of hydrogen-bond donors (Lipinski definition) is 0. The normalized spacial score (nSPS) is 10.6. The van der Waals surface area contributed by atoms with Crippen molar-refractivity contribution in [3.8, 4) is 0 Å². The van der Waals surface area contributed by atoms with Crippen molar-refractivity contribution in [2.24, 2.45) is 0 Å². The number of fused-ring (bicyclic) bond motifs is 1. The number of halogens is 1. The van der Waals surface area contributed by atoms with Gasteiger partial charge in [0.2, 0.25) is 0 Å². The highest BCUT2D eigenvalue weighted by Gasteiger charge is 1.99. The van der Waals surface area contributed by atoms with E-state index in [0.717, 1.165) is 6.42 Å². The standard InChI is InChI=1S/C11H10ClN/c1-2-8-4-3-5-9-6-11(12)13-7-10(8)9/h3-7H,2H2,1H3. The van der Waals surface area contributed by atoms with Gasteiger partial charge in [-0.1, -0.05) is 36.7 Å². The highest BCUT2D eigenvalue weighted by atomic mass is 35.5. The summed E-state index contributed by atoms with van der Waals surface area (Å²) >= 11 is 5.80. The van der Waals surface area contributed by atoms with Gasteiger partial charge in [-0.3, -0.25) is 0 Å². The Morgan fingerprint density at radius 3 is 3.00 bits per heavy atom. The quantitative estimate of drug-likeness (QED) is 0.630. The van der Waals surface area contributed by atoms with Crippen molar-refractivity contribution in [1.29, 1.82) is 0 Å². The molecule has 13 heavy (non-hydrogen) atoms. The zero-order valence-electron chi connectivity index (χ0n) is 7.42. The van der Waals surface area contributed by atoms with Gasteiger partial charge in [0, 0.05) is 11.6 Å². The summed E-state index contributed by atoms with van der Waals surface area (Å²) in [6, 6.07) is 8.13. The molecule has 0 aliphatic carbocycles. The summed E-state index contributed by atoms with van der Waals surface area (Å²) in [6.45, 7) is 2.14. The summed E-state index contributed by atoms with van der Waals surface area (Å²) in [5, 5.41) is 2.93. The maximum Gasteiger partial charge on any atom is 0.129 e. The van der Waals surface area contributed by atoms with Gasteiger partial charge >= 0.3 is 0 Å². The SMILES string of the molecule is CCc1cccc2cc(Cl)ncc12. The first-order valence-electron chi connectivity index (χ1n) is 4.34. The monoisotopic (exact) mass is 191 g/mol. The average Bonchev–Trinajstić information content (AvgIpc) is 2.16. The molecule has 0 unspecified atom stereocenters. The van der Waals surface area contributed by atoms with Crippen LogP contribution >= 0.6 is 11.6 Å². The van der Waals surface area contributed by atoms with Gasteiger partial charge in [-0.2, -0.15) is 0 Å². The lowest BCUT2D eigenvalue weighted by molar-refractivity contribution is 1.15. The van der Waals surface area contributed by atoms with Crippen molar-refractivity contribution in [3.63, 3.8) is 0 Å². The summed E-state index contributed by atoms with van der Waals surface area (Å²) in [7, 11) is 0. The molecule has 0 bridgehead atoms. The number of pyridine rings is 1. The van der Waals surface area contributed by atoms with E-state index in [1.807, 2.05) is 12.3 Å². The molecular formula is C11H10ClN. The van der Waals surface area contributed by atoms with Gasteiger partial charge < -0.3 is 0 Å². The maximum atomic E-state index is 5.80.